The predicted molar refractivity (Wildman–Crippen MR) is 81.1 cm³/mol. The maximum absolute atomic E-state index is 12.4. The van der Waals surface area contributed by atoms with Crippen LogP contribution in [0.4, 0.5) is 0 Å². The Labute approximate surface area is 127 Å². The monoisotopic (exact) mass is 290 g/mol. The molecule has 2 aliphatic heterocycles. The number of ether oxygens (including phenoxy) is 1. The van der Waals surface area contributed by atoms with Gasteiger partial charge < -0.3 is 4.74 Å². The third-order valence-corrected chi connectivity index (χ3v) is 4.27. The van der Waals surface area contributed by atoms with Crippen LogP contribution in [0.15, 0.2) is 11.5 Å². The van der Waals surface area contributed by atoms with Crippen LogP contribution in [0, 0.1) is 11.3 Å². The van der Waals surface area contributed by atoms with Gasteiger partial charge >= 0.3 is 0 Å². The molecular weight excluding hydrogens is 264 g/mol. The van der Waals surface area contributed by atoms with Crippen molar-refractivity contribution in [1.29, 1.82) is 5.26 Å². The minimum atomic E-state index is 0.120. The highest BCUT2D eigenvalue weighted by molar-refractivity contribution is 5.78. The lowest BCUT2D eigenvalue weighted by Crippen LogP contribution is -2.37. The summed E-state index contributed by atoms with van der Waals surface area (Å²) in [5.74, 6) is 0.667. The lowest BCUT2D eigenvalue weighted by molar-refractivity contribution is -0.134. The normalized spacial score (nSPS) is 26.2. The van der Waals surface area contributed by atoms with Crippen molar-refractivity contribution in [3.63, 3.8) is 0 Å². The van der Waals surface area contributed by atoms with Gasteiger partial charge in [0, 0.05) is 13.0 Å². The summed E-state index contributed by atoms with van der Waals surface area (Å²) in [6.45, 7) is 1.31. The fourth-order valence-electron chi connectivity index (χ4n) is 3.04. The molecule has 0 aromatic rings. The van der Waals surface area contributed by atoms with E-state index in [0.29, 0.717) is 31.0 Å². The molecule has 2 rings (SSSR count). The molecule has 0 unspecified atom stereocenters. The van der Waals surface area contributed by atoms with E-state index in [1.807, 2.05) is 0 Å². The lowest BCUT2D eigenvalue weighted by Gasteiger charge is -2.30. The number of nitriles is 1. The van der Waals surface area contributed by atoms with Crippen molar-refractivity contribution in [1.82, 2.24) is 4.90 Å². The smallest absolute Gasteiger partial charge is 0.229 e. The Bertz CT molecular complexity index is 423. The Hall–Kier alpha value is -1.50. The van der Waals surface area contributed by atoms with Crippen molar-refractivity contribution in [3.05, 3.63) is 11.5 Å². The Kier molecular flexibility index (Phi) is 6.59. The molecule has 1 fully saturated rings. The van der Waals surface area contributed by atoms with Gasteiger partial charge in [-0.25, -0.2) is 0 Å². The lowest BCUT2D eigenvalue weighted by atomic mass is 10.0. The first kappa shape index (κ1) is 15.9. The largest absolute Gasteiger partial charge is 0.478 e. The average Bonchev–Trinajstić information content (AvgIpc) is 2.52. The highest BCUT2D eigenvalue weighted by Gasteiger charge is 2.25. The van der Waals surface area contributed by atoms with Crippen molar-refractivity contribution in [2.45, 2.75) is 70.6 Å². The molecule has 0 saturated carbocycles. The van der Waals surface area contributed by atoms with E-state index < -0.39 is 0 Å². The summed E-state index contributed by atoms with van der Waals surface area (Å²) in [5.41, 5.74) is 0.653. The van der Waals surface area contributed by atoms with Crippen LogP contribution in [0.5, 0.6) is 0 Å². The third kappa shape index (κ3) is 4.77. The minimum absolute atomic E-state index is 0.120. The van der Waals surface area contributed by atoms with Gasteiger partial charge in [0.1, 0.15) is 6.07 Å². The van der Waals surface area contributed by atoms with Gasteiger partial charge in [0.2, 0.25) is 11.8 Å². The maximum atomic E-state index is 12.4. The molecule has 0 N–H and O–H groups in total. The minimum Gasteiger partial charge on any atom is -0.478 e. The van der Waals surface area contributed by atoms with Crippen molar-refractivity contribution in [2.75, 3.05) is 13.2 Å². The fraction of sp³-hybridized carbons (Fsp3) is 0.765. The molecule has 21 heavy (non-hydrogen) atoms. The molecule has 4 heteroatoms. The van der Waals surface area contributed by atoms with E-state index in [9.17, 15) is 10.1 Å². The summed E-state index contributed by atoms with van der Waals surface area (Å²) >= 11 is 0. The Morgan fingerprint density at radius 2 is 1.52 bits per heavy atom. The number of hydrogen-bond donors (Lipinski definition) is 0. The highest BCUT2D eigenvalue weighted by Crippen LogP contribution is 2.24. The van der Waals surface area contributed by atoms with Crippen LogP contribution in [0.3, 0.4) is 0 Å². The van der Waals surface area contributed by atoms with Crippen LogP contribution in [0.25, 0.3) is 0 Å². The number of allylic oxidation sites excluding steroid dienone is 1. The number of fused-ring (bicyclic) bond motifs is 1. The van der Waals surface area contributed by atoms with Gasteiger partial charge in [0.05, 0.1) is 12.2 Å². The van der Waals surface area contributed by atoms with Gasteiger partial charge in [0.25, 0.3) is 0 Å². The second-order valence-corrected chi connectivity index (χ2v) is 5.97. The zero-order chi connectivity index (χ0) is 14.9. The summed E-state index contributed by atoms with van der Waals surface area (Å²) in [6, 6.07) is 2.26. The third-order valence-electron chi connectivity index (χ3n) is 4.27. The van der Waals surface area contributed by atoms with Gasteiger partial charge in [0.15, 0.2) is 0 Å². The SMILES string of the molecule is N#C/C1=C2/OCCCN2C(=O)CCCCCCCCCC1. The number of rotatable bonds is 0. The molecule has 1 saturated heterocycles. The van der Waals surface area contributed by atoms with E-state index >= 15 is 0 Å². The molecule has 0 aliphatic carbocycles. The molecule has 0 radical (unpaired) electrons. The Morgan fingerprint density at radius 3 is 2.19 bits per heavy atom. The van der Waals surface area contributed by atoms with Crippen LogP contribution >= 0.6 is 0 Å². The van der Waals surface area contributed by atoms with Crippen LogP contribution in [-0.2, 0) is 9.53 Å². The number of hydrogen-bond acceptors (Lipinski definition) is 3. The summed E-state index contributed by atoms with van der Waals surface area (Å²) in [5, 5.41) is 9.40. The molecular formula is C17H26N2O2. The molecule has 1 amide bonds. The summed E-state index contributed by atoms with van der Waals surface area (Å²) in [4.78, 5) is 14.1. The number of carbonyl (C=O) groups is 1. The first-order chi connectivity index (χ1) is 10.3. The van der Waals surface area contributed by atoms with Crippen molar-refractivity contribution in [2.24, 2.45) is 0 Å². The summed E-state index contributed by atoms with van der Waals surface area (Å²) in [6.07, 6.45) is 11.4. The molecule has 4 nitrogen and oxygen atoms in total. The van der Waals surface area contributed by atoms with Gasteiger partial charge in [-0.2, -0.15) is 5.26 Å². The molecule has 2 aliphatic rings. The molecule has 0 spiro atoms. The number of nitrogens with zero attached hydrogens (tertiary/aromatic N) is 2. The Morgan fingerprint density at radius 1 is 0.905 bits per heavy atom. The van der Waals surface area contributed by atoms with E-state index in [-0.39, 0.29) is 5.91 Å². The second kappa shape index (κ2) is 8.71. The maximum Gasteiger partial charge on any atom is 0.229 e. The molecule has 0 aromatic carbocycles. The predicted octanol–water partition coefficient (Wildman–Crippen LogP) is 3.89. The van der Waals surface area contributed by atoms with E-state index in [1.165, 1.54) is 25.7 Å². The first-order valence-corrected chi connectivity index (χ1v) is 8.39. The molecule has 0 aromatic heterocycles. The van der Waals surface area contributed by atoms with Crippen LogP contribution in [-0.4, -0.2) is 24.0 Å². The van der Waals surface area contributed by atoms with Crippen molar-refractivity contribution < 1.29 is 9.53 Å². The number of carbonyl (C=O) groups excluding carboxylic acids is 1. The van der Waals surface area contributed by atoms with E-state index in [1.54, 1.807) is 4.90 Å². The molecule has 2 heterocycles. The van der Waals surface area contributed by atoms with E-state index in [4.69, 9.17) is 4.74 Å². The quantitative estimate of drug-likeness (QED) is 0.680. The fourth-order valence-corrected chi connectivity index (χ4v) is 3.04. The van der Waals surface area contributed by atoms with E-state index in [2.05, 4.69) is 6.07 Å². The Balaban J connectivity index is 2.12. The highest BCUT2D eigenvalue weighted by atomic mass is 16.5. The first-order valence-electron chi connectivity index (χ1n) is 8.39. The van der Waals surface area contributed by atoms with Crippen molar-refractivity contribution >= 4 is 5.91 Å². The van der Waals surface area contributed by atoms with Crippen LogP contribution in [0.1, 0.15) is 70.6 Å². The summed E-state index contributed by atoms with van der Waals surface area (Å²) in [7, 11) is 0. The molecule has 116 valence electrons. The molecule has 0 bridgehead atoms. The zero-order valence-corrected chi connectivity index (χ0v) is 12.9. The zero-order valence-electron chi connectivity index (χ0n) is 12.9. The van der Waals surface area contributed by atoms with Gasteiger partial charge in [-0.05, 0) is 25.7 Å². The van der Waals surface area contributed by atoms with E-state index in [0.717, 1.165) is 38.5 Å². The van der Waals surface area contributed by atoms with Crippen LogP contribution in [0.2, 0.25) is 0 Å². The van der Waals surface area contributed by atoms with Crippen LogP contribution < -0.4 is 0 Å². The number of amides is 1. The molecule has 0 atom stereocenters. The summed E-state index contributed by atoms with van der Waals surface area (Å²) < 4.78 is 5.68. The van der Waals surface area contributed by atoms with Gasteiger partial charge in [-0.3, -0.25) is 9.69 Å². The average molecular weight is 290 g/mol. The second-order valence-electron chi connectivity index (χ2n) is 5.97. The van der Waals surface area contributed by atoms with Gasteiger partial charge in [-0.1, -0.05) is 38.5 Å². The standard InChI is InChI=1S/C17H26N2O2/c18-14-15-10-7-5-3-1-2-4-6-8-11-16(20)19-12-9-13-21-17(15)19/h1-13H2/b17-15+. The van der Waals surface area contributed by atoms with Crippen molar-refractivity contribution in [3.8, 4) is 6.07 Å². The van der Waals surface area contributed by atoms with Gasteiger partial charge in [-0.15, -0.1) is 0 Å². The topological polar surface area (TPSA) is 53.3 Å².